The Morgan fingerprint density at radius 2 is 1.61 bits per heavy atom. The standard InChI is InChI=1S/C13H9BrClF2N/c14-8-3-1-7(2-4-8)13(18)9-5-11(16)12(17)6-10(9)15/h1-6,13H,18H2. The Morgan fingerprint density at radius 1 is 1.06 bits per heavy atom. The summed E-state index contributed by atoms with van der Waals surface area (Å²) in [4.78, 5) is 0. The summed E-state index contributed by atoms with van der Waals surface area (Å²) in [6, 6.07) is 8.61. The molecule has 1 atom stereocenters. The first-order valence-electron chi connectivity index (χ1n) is 5.14. The van der Waals surface area contributed by atoms with Crippen molar-refractivity contribution in [3.8, 4) is 0 Å². The molecule has 0 bridgehead atoms. The van der Waals surface area contributed by atoms with Crippen LogP contribution in [-0.2, 0) is 0 Å². The first-order chi connectivity index (χ1) is 8.49. The molecule has 0 saturated heterocycles. The van der Waals surface area contributed by atoms with Crippen molar-refractivity contribution in [3.05, 3.63) is 68.7 Å². The molecule has 0 radical (unpaired) electrons. The molecule has 0 fully saturated rings. The number of benzene rings is 2. The summed E-state index contributed by atoms with van der Waals surface area (Å²) in [5.41, 5.74) is 7.13. The summed E-state index contributed by atoms with van der Waals surface area (Å²) >= 11 is 9.19. The normalized spacial score (nSPS) is 12.5. The second-order valence-electron chi connectivity index (χ2n) is 3.82. The summed E-state index contributed by atoms with van der Waals surface area (Å²) in [6.45, 7) is 0. The lowest BCUT2D eigenvalue weighted by atomic mass is 9.99. The van der Waals surface area contributed by atoms with E-state index in [1.165, 1.54) is 0 Å². The highest BCUT2D eigenvalue weighted by Gasteiger charge is 2.16. The van der Waals surface area contributed by atoms with E-state index in [1.807, 2.05) is 12.1 Å². The van der Waals surface area contributed by atoms with Gasteiger partial charge in [-0.25, -0.2) is 8.78 Å². The third kappa shape index (κ3) is 2.71. The number of halogens is 4. The van der Waals surface area contributed by atoms with Gasteiger partial charge in [0.15, 0.2) is 11.6 Å². The minimum absolute atomic E-state index is 0.115. The monoisotopic (exact) mass is 331 g/mol. The highest BCUT2D eigenvalue weighted by atomic mass is 79.9. The predicted octanol–water partition coefficient (Wildman–Crippen LogP) is 4.43. The van der Waals surface area contributed by atoms with Crippen LogP contribution in [0.3, 0.4) is 0 Å². The second-order valence-corrected chi connectivity index (χ2v) is 5.14. The molecule has 0 aromatic heterocycles. The molecule has 0 spiro atoms. The lowest BCUT2D eigenvalue weighted by molar-refractivity contribution is 0.506. The Morgan fingerprint density at radius 3 is 2.22 bits per heavy atom. The van der Waals surface area contributed by atoms with Crippen LogP contribution in [0.1, 0.15) is 17.2 Å². The number of rotatable bonds is 2. The van der Waals surface area contributed by atoms with Crippen molar-refractivity contribution in [1.29, 1.82) is 0 Å². The van der Waals surface area contributed by atoms with Gasteiger partial charge in [0.2, 0.25) is 0 Å². The Hall–Kier alpha value is -0.970. The molecule has 2 aromatic carbocycles. The van der Waals surface area contributed by atoms with Crippen LogP contribution >= 0.6 is 27.5 Å². The molecule has 0 aliphatic heterocycles. The van der Waals surface area contributed by atoms with Gasteiger partial charge in [-0.2, -0.15) is 0 Å². The van der Waals surface area contributed by atoms with Crippen molar-refractivity contribution in [1.82, 2.24) is 0 Å². The third-order valence-corrected chi connectivity index (χ3v) is 3.46. The van der Waals surface area contributed by atoms with E-state index >= 15 is 0 Å². The molecular weight excluding hydrogens is 324 g/mol. The molecular formula is C13H9BrClF2N. The fourth-order valence-corrected chi connectivity index (χ4v) is 2.16. The zero-order valence-electron chi connectivity index (χ0n) is 9.13. The van der Waals surface area contributed by atoms with Crippen molar-refractivity contribution in [3.63, 3.8) is 0 Å². The lowest BCUT2D eigenvalue weighted by Gasteiger charge is -2.14. The van der Waals surface area contributed by atoms with E-state index in [2.05, 4.69) is 15.9 Å². The van der Waals surface area contributed by atoms with E-state index in [-0.39, 0.29) is 5.02 Å². The molecule has 18 heavy (non-hydrogen) atoms. The van der Waals surface area contributed by atoms with Crippen LogP contribution in [0.15, 0.2) is 40.9 Å². The fourth-order valence-electron chi connectivity index (χ4n) is 1.63. The van der Waals surface area contributed by atoms with Crippen LogP contribution in [0.5, 0.6) is 0 Å². The average molecular weight is 333 g/mol. The molecule has 0 heterocycles. The zero-order chi connectivity index (χ0) is 13.3. The molecule has 2 N–H and O–H groups in total. The molecule has 1 unspecified atom stereocenters. The molecule has 0 aliphatic carbocycles. The van der Waals surface area contributed by atoms with Gasteiger partial charge in [0.1, 0.15) is 0 Å². The third-order valence-electron chi connectivity index (χ3n) is 2.60. The number of hydrogen-bond donors (Lipinski definition) is 1. The van der Waals surface area contributed by atoms with Crippen LogP contribution in [0.2, 0.25) is 5.02 Å². The SMILES string of the molecule is NC(c1ccc(Br)cc1)c1cc(F)c(F)cc1Cl. The summed E-state index contributed by atoms with van der Waals surface area (Å²) in [6.07, 6.45) is 0. The van der Waals surface area contributed by atoms with Crippen LogP contribution < -0.4 is 5.73 Å². The molecule has 2 rings (SSSR count). The first-order valence-corrected chi connectivity index (χ1v) is 6.31. The quantitative estimate of drug-likeness (QED) is 0.809. The predicted molar refractivity (Wildman–Crippen MR) is 71.5 cm³/mol. The van der Waals surface area contributed by atoms with E-state index in [1.54, 1.807) is 12.1 Å². The van der Waals surface area contributed by atoms with Crippen molar-refractivity contribution < 1.29 is 8.78 Å². The smallest absolute Gasteiger partial charge is 0.160 e. The molecule has 0 amide bonds. The van der Waals surface area contributed by atoms with Gasteiger partial charge in [-0.15, -0.1) is 0 Å². The van der Waals surface area contributed by atoms with Gasteiger partial charge in [-0.1, -0.05) is 39.7 Å². The maximum absolute atomic E-state index is 13.2. The molecule has 2 aromatic rings. The van der Waals surface area contributed by atoms with E-state index < -0.39 is 17.7 Å². The van der Waals surface area contributed by atoms with Gasteiger partial charge in [0, 0.05) is 9.50 Å². The maximum Gasteiger partial charge on any atom is 0.160 e. The van der Waals surface area contributed by atoms with Crippen molar-refractivity contribution in [2.45, 2.75) is 6.04 Å². The number of nitrogens with two attached hydrogens (primary N) is 1. The van der Waals surface area contributed by atoms with Crippen LogP contribution in [0, 0.1) is 11.6 Å². The highest BCUT2D eigenvalue weighted by Crippen LogP contribution is 2.29. The second kappa shape index (κ2) is 5.34. The maximum atomic E-state index is 13.2. The topological polar surface area (TPSA) is 26.0 Å². The average Bonchev–Trinajstić information content (AvgIpc) is 2.34. The molecule has 5 heteroatoms. The largest absolute Gasteiger partial charge is 0.320 e. The minimum atomic E-state index is -0.980. The van der Waals surface area contributed by atoms with E-state index in [9.17, 15) is 8.78 Å². The van der Waals surface area contributed by atoms with Crippen molar-refractivity contribution in [2.75, 3.05) is 0 Å². The fraction of sp³-hybridized carbons (Fsp3) is 0.0769. The summed E-state index contributed by atoms with van der Waals surface area (Å²) in [5, 5.41) is 0.115. The number of hydrogen-bond acceptors (Lipinski definition) is 1. The van der Waals surface area contributed by atoms with Crippen molar-refractivity contribution >= 4 is 27.5 Å². The Labute approximate surface area is 117 Å². The molecule has 0 aliphatic rings. The summed E-state index contributed by atoms with van der Waals surface area (Å²) in [5.74, 6) is -1.94. The Balaban J connectivity index is 2.42. The van der Waals surface area contributed by atoms with Crippen molar-refractivity contribution in [2.24, 2.45) is 5.73 Å². The van der Waals surface area contributed by atoms with Crippen LogP contribution in [0.4, 0.5) is 8.78 Å². The highest BCUT2D eigenvalue weighted by molar-refractivity contribution is 9.10. The van der Waals surface area contributed by atoms with E-state index in [0.29, 0.717) is 5.56 Å². The van der Waals surface area contributed by atoms with Crippen LogP contribution in [0.25, 0.3) is 0 Å². The van der Waals surface area contributed by atoms with E-state index in [4.69, 9.17) is 17.3 Å². The molecule has 94 valence electrons. The minimum Gasteiger partial charge on any atom is -0.320 e. The molecule has 1 nitrogen and oxygen atoms in total. The Bertz CT molecular complexity index is 572. The Kier molecular flexibility index (Phi) is 4.00. The van der Waals surface area contributed by atoms with Crippen LogP contribution in [-0.4, -0.2) is 0 Å². The van der Waals surface area contributed by atoms with E-state index in [0.717, 1.165) is 22.2 Å². The first kappa shape index (κ1) is 13.5. The van der Waals surface area contributed by atoms with Gasteiger partial charge in [-0.3, -0.25) is 0 Å². The van der Waals surface area contributed by atoms with Gasteiger partial charge in [0.05, 0.1) is 6.04 Å². The summed E-state index contributed by atoms with van der Waals surface area (Å²) < 4.78 is 27.1. The van der Waals surface area contributed by atoms with Gasteiger partial charge in [0.25, 0.3) is 0 Å². The lowest BCUT2D eigenvalue weighted by Crippen LogP contribution is -2.13. The van der Waals surface area contributed by atoms with Gasteiger partial charge in [-0.05, 0) is 35.4 Å². The summed E-state index contributed by atoms with van der Waals surface area (Å²) in [7, 11) is 0. The van der Waals surface area contributed by atoms with Gasteiger partial charge < -0.3 is 5.73 Å². The zero-order valence-corrected chi connectivity index (χ0v) is 11.5. The molecule has 0 saturated carbocycles. The van der Waals surface area contributed by atoms with Gasteiger partial charge >= 0.3 is 0 Å².